The predicted molar refractivity (Wildman–Crippen MR) is 82.6 cm³/mol. The van der Waals surface area contributed by atoms with Crippen LogP contribution < -0.4 is 10.6 Å². The fourth-order valence-electron chi connectivity index (χ4n) is 2.51. The van der Waals surface area contributed by atoms with E-state index in [1.807, 2.05) is 42.1 Å². The van der Waals surface area contributed by atoms with Gasteiger partial charge >= 0.3 is 0 Å². The molecule has 2 unspecified atom stereocenters. The summed E-state index contributed by atoms with van der Waals surface area (Å²) in [5, 5.41) is 7.03. The van der Waals surface area contributed by atoms with E-state index in [2.05, 4.69) is 16.9 Å². The zero-order chi connectivity index (χ0) is 13.5. The Labute approximate surface area is 119 Å². The molecule has 1 aromatic rings. The lowest BCUT2D eigenvalue weighted by Gasteiger charge is -2.28. The van der Waals surface area contributed by atoms with Crippen LogP contribution in [0.3, 0.4) is 0 Å². The molecular weight excluding hydrogens is 256 g/mol. The zero-order valence-electron chi connectivity index (χ0n) is 11.4. The molecule has 2 N–H and O–H groups in total. The SMILES string of the molecule is CSC1CCCC(NCC(=O)Nc2ccccc2)C1. The summed E-state index contributed by atoms with van der Waals surface area (Å²) in [5.74, 6) is 0.0393. The van der Waals surface area contributed by atoms with Gasteiger partial charge in [0.1, 0.15) is 0 Å². The van der Waals surface area contributed by atoms with Gasteiger partial charge in [0.05, 0.1) is 6.54 Å². The highest BCUT2D eigenvalue weighted by Gasteiger charge is 2.21. The molecule has 1 aliphatic carbocycles. The van der Waals surface area contributed by atoms with Crippen LogP contribution in [0, 0.1) is 0 Å². The average molecular weight is 278 g/mol. The fourth-order valence-corrected chi connectivity index (χ4v) is 3.34. The summed E-state index contributed by atoms with van der Waals surface area (Å²) in [7, 11) is 0. The van der Waals surface area contributed by atoms with Crippen molar-refractivity contribution in [2.45, 2.75) is 37.0 Å². The lowest BCUT2D eigenvalue weighted by atomic mass is 9.95. The Hall–Kier alpha value is -1.00. The van der Waals surface area contributed by atoms with Gasteiger partial charge in [0.15, 0.2) is 0 Å². The van der Waals surface area contributed by atoms with Crippen LogP contribution in [-0.4, -0.2) is 30.0 Å². The molecule has 2 rings (SSSR count). The highest BCUT2D eigenvalue weighted by Crippen LogP contribution is 2.26. The Balaban J connectivity index is 1.71. The van der Waals surface area contributed by atoms with Gasteiger partial charge in [-0.15, -0.1) is 0 Å². The zero-order valence-corrected chi connectivity index (χ0v) is 12.2. The number of amides is 1. The number of hydrogen-bond donors (Lipinski definition) is 2. The Morgan fingerprint density at radius 2 is 2.11 bits per heavy atom. The molecular formula is C15H22N2OS. The molecule has 0 radical (unpaired) electrons. The standard InChI is InChI=1S/C15H22N2OS/c1-19-14-9-5-8-13(10-14)16-11-15(18)17-12-6-3-2-4-7-12/h2-4,6-7,13-14,16H,5,8-11H2,1H3,(H,17,18). The first-order valence-corrected chi connectivity index (χ1v) is 8.18. The van der Waals surface area contributed by atoms with Gasteiger partial charge in [0.2, 0.25) is 5.91 Å². The Kier molecular flexibility index (Phi) is 5.73. The van der Waals surface area contributed by atoms with E-state index in [9.17, 15) is 4.79 Å². The normalized spacial score (nSPS) is 23.0. The number of nitrogens with one attached hydrogen (secondary N) is 2. The summed E-state index contributed by atoms with van der Waals surface area (Å²) in [4.78, 5) is 11.8. The van der Waals surface area contributed by atoms with Crippen molar-refractivity contribution in [3.05, 3.63) is 30.3 Å². The smallest absolute Gasteiger partial charge is 0.238 e. The van der Waals surface area contributed by atoms with Gasteiger partial charge in [-0.2, -0.15) is 11.8 Å². The van der Waals surface area contributed by atoms with Crippen molar-refractivity contribution in [3.63, 3.8) is 0 Å². The van der Waals surface area contributed by atoms with Crippen LogP contribution in [0.4, 0.5) is 5.69 Å². The number of benzene rings is 1. The van der Waals surface area contributed by atoms with Gasteiger partial charge in [-0.25, -0.2) is 0 Å². The predicted octanol–water partition coefficient (Wildman–Crippen LogP) is 2.89. The van der Waals surface area contributed by atoms with E-state index in [-0.39, 0.29) is 5.91 Å². The second-order valence-corrected chi connectivity index (χ2v) is 6.15. The summed E-state index contributed by atoms with van der Waals surface area (Å²) in [6.45, 7) is 0.403. The topological polar surface area (TPSA) is 41.1 Å². The molecule has 1 saturated carbocycles. The highest BCUT2D eigenvalue weighted by atomic mass is 32.2. The average Bonchev–Trinajstić information content (AvgIpc) is 2.46. The minimum absolute atomic E-state index is 0.0393. The molecule has 0 aromatic heterocycles. The fraction of sp³-hybridized carbons (Fsp3) is 0.533. The maximum absolute atomic E-state index is 11.8. The molecule has 2 atom stereocenters. The largest absolute Gasteiger partial charge is 0.325 e. The van der Waals surface area contributed by atoms with Gasteiger partial charge in [0.25, 0.3) is 0 Å². The van der Waals surface area contributed by atoms with Crippen molar-refractivity contribution in [2.75, 3.05) is 18.1 Å². The van der Waals surface area contributed by atoms with Gasteiger partial charge in [0, 0.05) is 17.0 Å². The van der Waals surface area contributed by atoms with Crippen LogP contribution in [0.25, 0.3) is 0 Å². The first-order valence-electron chi connectivity index (χ1n) is 6.89. The van der Waals surface area contributed by atoms with Crippen molar-refractivity contribution in [2.24, 2.45) is 0 Å². The highest BCUT2D eigenvalue weighted by molar-refractivity contribution is 7.99. The Bertz CT molecular complexity index is 396. The molecule has 0 aliphatic heterocycles. The number of thioether (sulfide) groups is 1. The minimum Gasteiger partial charge on any atom is -0.325 e. The van der Waals surface area contributed by atoms with Gasteiger partial charge in [-0.3, -0.25) is 4.79 Å². The molecule has 1 fully saturated rings. The van der Waals surface area contributed by atoms with E-state index in [4.69, 9.17) is 0 Å². The van der Waals surface area contributed by atoms with Crippen LogP contribution in [-0.2, 0) is 4.79 Å². The molecule has 0 spiro atoms. The number of para-hydroxylation sites is 1. The van der Waals surface area contributed by atoms with Crippen LogP contribution in [0.5, 0.6) is 0 Å². The quantitative estimate of drug-likeness (QED) is 0.870. The van der Waals surface area contributed by atoms with Gasteiger partial charge < -0.3 is 10.6 Å². The number of hydrogen-bond acceptors (Lipinski definition) is 3. The van der Waals surface area contributed by atoms with Crippen LogP contribution >= 0.6 is 11.8 Å². The van der Waals surface area contributed by atoms with E-state index in [0.29, 0.717) is 12.6 Å². The number of anilines is 1. The van der Waals surface area contributed by atoms with Crippen molar-refractivity contribution in [3.8, 4) is 0 Å². The van der Waals surface area contributed by atoms with Gasteiger partial charge in [-0.1, -0.05) is 24.6 Å². The lowest BCUT2D eigenvalue weighted by Crippen LogP contribution is -2.39. The van der Waals surface area contributed by atoms with E-state index in [1.54, 1.807) is 0 Å². The van der Waals surface area contributed by atoms with Crippen molar-refractivity contribution >= 4 is 23.4 Å². The third kappa shape index (κ3) is 4.88. The third-order valence-corrected chi connectivity index (χ3v) is 4.66. The molecule has 1 amide bonds. The number of rotatable bonds is 5. The lowest BCUT2D eigenvalue weighted by molar-refractivity contribution is -0.115. The molecule has 0 saturated heterocycles. The summed E-state index contributed by atoms with van der Waals surface area (Å²) < 4.78 is 0. The van der Waals surface area contributed by atoms with Crippen molar-refractivity contribution < 1.29 is 4.79 Å². The monoisotopic (exact) mass is 278 g/mol. The second kappa shape index (κ2) is 7.56. The second-order valence-electron chi connectivity index (χ2n) is 5.02. The summed E-state index contributed by atoms with van der Waals surface area (Å²) in [5.41, 5.74) is 0.861. The van der Waals surface area contributed by atoms with Crippen LogP contribution in [0.2, 0.25) is 0 Å². The number of carbonyl (C=O) groups is 1. The first kappa shape index (κ1) is 14.4. The molecule has 1 aromatic carbocycles. The van der Waals surface area contributed by atoms with E-state index >= 15 is 0 Å². The van der Waals surface area contributed by atoms with Crippen LogP contribution in [0.15, 0.2) is 30.3 Å². The summed E-state index contributed by atoms with van der Waals surface area (Å²) >= 11 is 1.95. The molecule has 0 heterocycles. The van der Waals surface area contributed by atoms with Crippen LogP contribution in [0.1, 0.15) is 25.7 Å². The summed E-state index contributed by atoms with van der Waals surface area (Å²) in [6, 6.07) is 10.1. The molecule has 19 heavy (non-hydrogen) atoms. The first-order chi connectivity index (χ1) is 9.28. The minimum atomic E-state index is 0.0393. The maximum atomic E-state index is 11.8. The Morgan fingerprint density at radius 1 is 1.32 bits per heavy atom. The molecule has 104 valence electrons. The van der Waals surface area contributed by atoms with Gasteiger partial charge in [-0.05, 0) is 37.7 Å². The molecule has 3 nitrogen and oxygen atoms in total. The molecule has 4 heteroatoms. The van der Waals surface area contributed by atoms with E-state index in [0.717, 1.165) is 10.9 Å². The maximum Gasteiger partial charge on any atom is 0.238 e. The number of carbonyl (C=O) groups excluding carboxylic acids is 1. The Morgan fingerprint density at radius 3 is 2.84 bits per heavy atom. The molecule has 1 aliphatic rings. The third-order valence-electron chi connectivity index (χ3n) is 3.57. The van der Waals surface area contributed by atoms with Crippen molar-refractivity contribution in [1.29, 1.82) is 0 Å². The van der Waals surface area contributed by atoms with Crippen molar-refractivity contribution in [1.82, 2.24) is 5.32 Å². The summed E-state index contributed by atoms with van der Waals surface area (Å²) in [6.07, 6.45) is 7.13. The van der Waals surface area contributed by atoms with E-state index in [1.165, 1.54) is 25.7 Å². The van der Waals surface area contributed by atoms with E-state index < -0.39 is 0 Å². The molecule has 0 bridgehead atoms.